The van der Waals surface area contributed by atoms with Crippen LogP contribution in [0, 0.1) is 5.82 Å². The van der Waals surface area contributed by atoms with Crippen molar-refractivity contribution in [3.05, 3.63) is 109 Å². The molecule has 0 aliphatic carbocycles. The summed E-state index contributed by atoms with van der Waals surface area (Å²) < 4.78 is 26.8. The topological polar surface area (TPSA) is 69.9 Å². The smallest absolute Gasteiger partial charge is 0.338 e. The molecule has 0 spiro atoms. The van der Waals surface area contributed by atoms with Crippen molar-refractivity contribution in [1.82, 2.24) is 4.57 Å². The number of carbonyl (C=O) groups is 1. The van der Waals surface area contributed by atoms with Gasteiger partial charge in [-0.15, -0.1) is 0 Å². The molecule has 1 aromatic heterocycles. The SMILES string of the molecule is CCOC(=O)C1=C(C)N=c2s/c(=C\c3cccc(F)c3)c(=O)n2[C@@H]1c1c(OC)ccc2ccccc12. The Bertz CT molecular complexity index is 1720. The van der Waals surface area contributed by atoms with Crippen molar-refractivity contribution in [3.63, 3.8) is 0 Å². The average molecular weight is 503 g/mol. The predicted molar refractivity (Wildman–Crippen MR) is 137 cm³/mol. The molecule has 0 fully saturated rings. The number of hydrogen-bond donors (Lipinski definition) is 0. The quantitative estimate of drug-likeness (QED) is 0.386. The highest BCUT2D eigenvalue weighted by molar-refractivity contribution is 7.07. The highest BCUT2D eigenvalue weighted by Crippen LogP contribution is 2.40. The van der Waals surface area contributed by atoms with Crippen molar-refractivity contribution in [2.45, 2.75) is 19.9 Å². The normalized spacial score (nSPS) is 15.6. The summed E-state index contributed by atoms with van der Waals surface area (Å²) in [4.78, 5) is 32.1. The lowest BCUT2D eigenvalue weighted by Gasteiger charge is -2.27. The van der Waals surface area contributed by atoms with Gasteiger partial charge in [-0.2, -0.15) is 0 Å². The van der Waals surface area contributed by atoms with Gasteiger partial charge in [0.2, 0.25) is 0 Å². The highest BCUT2D eigenvalue weighted by Gasteiger charge is 2.36. The third-order valence-corrected chi connectivity index (χ3v) is 7.07. The Morgan fingerprint density at radius 3 is 2.72 bits per heavy atom. The van der Waals surface area contributed by atoms with Gasteiger partial charge in [0.15, 0.2) is 4.80 Å². The molecule has 2 heterocycles. The second kappa shape index (κ2) is 9.54. The molecule has 1 aliphatic heterocycles. The maximum Gasteiger partial charge on any atom is 0.338 e. The van der Waals surface area contributed by atoms with E-state index in [0.717, 1.165) is 10.8 Å². The van der Waals surface area contributed by atoms with Crippen LogP contribution in [0.4, 0.5) is 4.39 Å². The van der Waals surface area contributed by atoms with Crippen LogP contribution in [0.25, 0.3) is 16.8 Å². The van der Waals surface area contributed by atoms with Crippen LogP contribution in [0.2, 0.25) is 0 Å². The van der Waals surface area contributed by atoms with E-state index in [-0.39, 0.29) is 17.7 Å². The first-order valence-corrected chi connectivity index (χ1v) is 12.3. The zero-order valence-electron chi connectivity index (χ0n) is 19.9. The first kappa shape index (κ1) is 23.7. The highest BCUT2D eigenvalue weighted by atomic mass is 32.1. The van der Waals surface area contributed by atoms with Crippen LogP contribution < -0.4 is 19.6 Å². The van der Waals surface area contributed by atoms with E-state index in [1.54, 1.807) is 39.2 Å². The van der Waals surface area contributed by atoms with E-state index < -0.39 is 17.8 Å². The molecule has 36 heavy (non-hydrogen) atoms. The first-order chi connectivity index (χ1) is 17.4. The molecule has 1 atom stereocenters. The number of hydrogen-bond acceptors (Lipinski definition) is 6. The number of halogens is 1. The Morgan fingerprint density at radius 1 is 1.17 bits per heavy atom. The number of ether oxygens (including phenoxy) is 2. The van der Waals surface area contributed by atoms with Gasteiger partial charge in [0.1, 0.15) is 17.6 Å². The summed E-state index contributed by atoms with van der Waals surface area (Å²) in [5.41, 5.74) is 1.63. The molecule has 5 rings (SSSR count). The lowest BCUT2D eigenvalue weighted by molar-refractivity contribution is -0.139. The van der Waals surface area contributed by atoms with Crippen molar-refractivity contribution in [1.29, 1.82) is 0 Å². The summed E-state index contributed by atoms with van der Waals surface area (Å²) in [7, 11) is 1.56. The Labute approximate surface area is 210 Å². The van der Waals surface area contributed by atoms with Crippen LogP contribution in [0.3, 0.4) is 0 Å². The number of aromatic nitrogens is 1. The van der Waals surface area contributed by atoms with E-state index in [1.807, 2.05) is 36.4 Å². The van der Waals surface area contributed by atoms with E-state index in [1.165, 1.54) is 28.0 Å². The van der Waals surface area contributed by atoms with Gasteiger partial charge in [-0.25, -0.2) is 14.2 Å². The number of carbonyl (C=O) groups excluding carboxylic acids is 1. The van der Waals surface area contributed by atoms with E-state index in [2.05, 4.69) is 4.99 Å². The Hall–Kier alpha value is -4.04. The molecule has 0 saturated carbocycles. The number of fused-ring (bicyclic) bond motifs is 2. The Kier molecular flexibility index (Phi) is 6.28. The van der Waals surface area contributed by atoms with Gasteiger partial charge in [0.05, 0.1) is 29.5 Å². The minimum absolute atomic E-state index is 0.180. The molecular formula is C28H23FN2O4S. The summed E-state index contributed by atoms with van der Waals surface area (Å²) in [6, 6.07) is 16.7. The van der Waals surface area contributed by atoms with E-state index >= 15 is 0 Å². The third-order valence-electron chi connectivity index (χ3n) is 6.09. The van der Waals surface area contributed by atoms with Crippen LogP contribution in [0.5, 0.6) is 5.75 Å². The fourth-order valence-corrected chi connectivity index (χ4v) is 5.59. The van der Waals surface area contributed by atoms with Gasteiger partial charge in [-0.05, 0) is 54.5 Å². The number of thiazole rings is 1. The molecular weight excluding hydrogens is 479 g/mol. The minimum Gasteiger partial charge on any atom is -0.496 e. The van der Waals surface area contributed by atoms with Gasteiger partial charge in [-0.1, -0.05) is 53.8 Å². The molecule has 3 aromatic carbocycles. The van der Waals surface area contributed by atoms with E-state index in [4.69, 9.17) is 9.47 Å². The number of nitrogens with zero attached hydrogens (tertiary/aromatic N) is 2. The molecule has 0 radical (unpaired) electrons. The first-order valence-electron chi connectivity index (χ1n) is 11.4. The van der Waals surface area contributed by atoms with Crippen LogP contribution in [0.15, 0.2) is 81.7 Å². The maximum absolute atomic E-state index is 13.8. The fraction of sp³-hybridized carbons (Fsp3) is 0.179. The van der Waals surface area contributed by atoms with Gasteiger partial charge < -0.3 is 9.47 Å². The summed E-state index contributed by atoms with van der Waals surface area (Å²) in [6.07, 6.45) is 1.63. The molecule has 1 aliphatic rings. The molecule has 4 aromatic rings. The van der Waals surface area contributed by atoms with Crippen LogP contribution >= 0.6 is 11.3 Å². The molecule has 0 unspecified atom stereocenters. The van der Waals surface area contributed by atoms with Gasteiger partial charge >= 0.3 is 5.97 Å². The molecule has 0 N–H and O–H groups in total. The molecule has 0 amide bonds. The maximum atomic E-state index is 13.8. The zero-order valence-corrected chi connectivity index (χ0v) is 20.8. The van der Waals surface area contributed by atoms with Crippen molar-refractivity contribution in [2.24, 2.45) is 4.99 Å². The lowest BCUT2D eigenvalue weighted by Crippen LogP contribution is -2.40. The second-order valence-corrected chi connectivity index (χ2v) is 9.27. The minimum atomic E-state index is -0.823. The third kappa shape index (κ3) is 4.03. The summed E-state index contributed by atoms with van der Waals surface area (Å²) >= 11 is 1.19. The average Bonchev–Trinajstić information content (AvgIpc) is 3.16. The molecule has 0 bridgehead atoms. The Morgan fingerprint density at radius 2 is 1.97 bits per heavy atom. The van der Waals surface area contributed by atoms with E-state index in [0.29, 0.717) is 31.9 Å². The van der Waals surface area contributed by atoms with Crippen molar-refractivity contribution in [3.8, 4) is 5.75 Å². The number of benzene rings is 3. The van der Waals surface area contributed by atoms with Gasteiger partial charge in [0.25, 0.3) is 5.56 Å². The summed E-state index contributed by atoms with van der Waals surface area (Å²) in [5.74, 6) is -0.400. The van der Waals surface area contributed by atoms with Gasteiger partial charge in [-0.3, -0.25) is 9.36 Å². The monoisotopic (exact) mass is 502 g/mol. The number of esters is 1. The van der Waals surface area contributed by atoms with Crippen LogP contribution in [0.1, 0.15) is 31.0 Å². The molecule has 8 heteroatoms. The summed E-state index contributed by atoms with van der Waals surface area (Å²) in [5, 5.41) is 1.78. The standard InChI is InChI=1S/C28H23FN2O4S/c1-4-35-27(33)23-16(2)30-28-31(26(32)22(36-28)15-17-8-7-10-19(29)14-17)25(23)24-20-11-6-5-9-18(20)12-13-21(24)34-3/h5-15,25H,4H2,1-3H3/b22-15-/t25-/m0/s1. The van der Waals surface area contributed by atoms with E-state index in [9.17, 15) is 14.0 Å². The second-order valence-electron chi connectivity index (χ2n) is 8.26. The Balaban J connectivity index is 1.86. The number of allylic oxidation sites excluding steroid dienone is 1. The molecule has 0 saturated heterocycles. The molecule has 6 nitrogen and oxygen atoms in total. The van der Waals surface area contributed by atoms with Gasteiger partial charge in [0, 0.05) is 5.56 Å². The van der Waals surface area contributed by atoms with Crippen LogP contribution in [-0.2, 0) is 9.53 Å². The van der Waals surface area contributed by atoms with Crippen LogP contribution in [-0.4, -0.2) is 24.3 Å². The molecule has 182 valence electrons. The predicted octanol–water partition coefficient (Wildman–Crippen LogP) is 4.10. The lowest BCUT2D eigenvalue weighted by atomic mass is 9.90. The number of rotatable bonds is 5. The largest absolute Gasteiger partial charge is 0.496 e. The fourth-order valence-electron chi connectivity index (χ4n) is 4.55. The van der Waals surface area contributed by atoms with Crippen molar-refractivity contribution >= 4 is 34.2 Å². The number of methoxy groups -OCH3 is 1. The van der Waals surface area contributed by atoms with Crippen molar-refractivity contribution < 1.29 is 18.7 Å². The van der Waals surface area contributed by atoms with Crippen molar-refractivity contribution in [2.75, 3.05) is 13.7 Å². The summed E-state index contributed by atoms with van der Waals surface area (Å²) in [6.45, 7) is 3.65. The zero-order chi connectivity index (χ0) is 25.4.